The Bertz CT molecular complexity index is 1150. The van der Waals surface area contributed by atoms with E-state index in [0.29, 0.717) is 17.5 Å². The van der Waals surface area contributed by atoms with Gasteiger partial charge < -0.3 is 20.6 Å². The summed E-state index contributed by atoms with van der Waals surface area (Å²) in [6.07, 6.45) is 1.67. The Kier molecular flexibility index (Phi) is 6.94. The van der Waals surface area contributed by atoms with Gasteiger partial charge in [-0.2, -0.15) is 0 Å². The Hall–Kier alpha value is -2.77. The zero-order valence-electron chi connectivity index (χ0n) is 16.7. The van der Waals surface area contributed by atoms with Gasteiger partial charge in [0.2, 0.25) is 0 Å². The van der Waals surface area contributed by atoms with E-state index >= 15 is 0 Å². The number of halogens is 1. The second kappa shape index (κ2) is 10.0. The molecule has 1 atom stereocenters. The average molecular weight is 452 g/mol. The van der Waals surface area contributed by atoms with Crippen LogP contribution in [0.25, 0.3) is 11.3 Å². The first-order chi connectivity index (χ1) is 15.1. The topological polar surface area (TPSA) is 84.2 Å². The molecule has 4 N–H and O–H groups in total. The Morgan fingerprint density at radius 2 is 1.84 bits per heavy atom. The number of aromatic amines is 1. The van der Waals surface area contributed by atoms with Crippen LogP contribution in [-0.2, 0) is 6.61 Å². The zero-order chi connectivity index (χ0) is 21.6. The number of aliphatic hydroxyl groups is 1. The van der Waals surface area contributed by atoms with Gasteiger partial charge in [0.15, 0.2) is 0 Å². The molecule has 5 nitrogen and oxygen atoms in total. The van der Waals surface area contributed by atoms with Crippen LogP contribution in [0.1, 0.15) is 17.4 Å². The third-order valence-electron chi connectivity index (χ3n) is 4.66. The number of nitrogens with two attached hydrogens (primary N) is 1. The van der Waals surface area contributed by atoms with Crippen LogP contribution in [-0.4, -0.2) is 21.7 Å². The number of nitrogens with one attached hydrogen (secondary N) is 1. The first-order valence-corrected chi connectivity index (χ1v) is 11.0. The summed E-state index contributed by atoms with van der Waals surface area (Å²) in [5, 5.41) is 9.79. The lowest BCUT2D eigenvalue weighted by Gasteiger charge is -2.09. The van der Waals surface area contributed by atoms with Gasteiger partial charge in [0.25, 0.3) is 0 Å². The number of hydrogen-bond acceptors (Lipinski definition) is 5. The van der Waals surface area contributed by atoms with Crippen LogP contribution in [0.3, 0.4) is 0 Å². The molecule has 0 unspecified atom stereocenters. The summed E-state index contributed by atoms with van der Waals surface area (Å²) >= 11 is 8.15. The minimum Gasteiger partial charge on any atom is -0.489 e. The summed E-state index contributed by atoms with van der Waals surface area (Å²) in [5.41, 5.74) is 8.53. The monoisotopic (exact) mass is 451 g/mol. The van der Waals surface area contributed by atoms with E-state index in [1.807, 2.05) is 72.8 Å². The number of ether oxygens (including phenoxy) is 1. The minimum absolute atomic E-state index is 0.176. The number of nitrogens with zero attached hydrogens (tertiary/aromatic N) is 1. The van der Waals surface area contributed by atoms with Crippen molar-refractivity contribution < 1.29 is 9.84 Å². The van der Waals surface area contributed by atoms with E-state index in [1.165, 1.54) is 0 Å². The largest absolute Gasteiger partial charge is 0.489 e. The SMILES string of the molecule is N[C@@H](CO)c1ncc(-c2ccc(Sc3cccc(OCc4ccccc4)c3)cc2Cl)[nH]1. The molecule has 0 radical (unpaired) electrons. The van der Waals surface area contributed by atoms with Gasteiger partial charge in [-0.3, -0.25) is 0 Å². The third-order valence-corrected chi connectivity index (χ3v) is 5.96. The average Bonchev–Trinajstić information content (AvgIpc) is 3.28. The maximum Gasteiger partial charge on any atom is 0.125 e. The molecule has 7 heteroatoms. The van der Waals surface area contributed by atoms with Gasteiger partial charge >= 0.3 is 0 Å². The molecule has 1 aromatic heterocycles. The maximum absolute atomic E-state index is 9.19. The van der Waals surface area contributed by atoms with Crippen molar-refractivity contribution in [3.05, 3.63) is 95.4 Å². The van der Waals surface area contributed by atoms with Gasteiger partial charge in [0, 0.05) is 15.4 Å². The van der Waals surface area contributed by atoms with Crippen molar-refractivity contribution in [2.45, 2.75) is 22.4 Å². The highest BCUT2D eigenvalue weighted by Crippen LogP contribution is 2.35. The first kappa shape index (κ1) is 21.5. The Morgan fingerprint density at radius 1 is 1.03 bits per heavy atom. The van der Waals surface area contributed by atoms with E-state index in [9.17, 15) is 5.11 Å². The molecule has 4 aromatic rings. The van der Waals surface area contributed by atoms with Crippen LogP contribution < -0.4 is 10.5 Å². The van der Waals surface area contributed by atoms with Crippen LogP contribution >= 0.6 is 23.4 Å². The minimum atomic E-state index is -0.543. The van der Waals surface area contributed by atoms with Crippen molar-refractivity contribution in [3.63, 3.8) is 0 Å². The zero-order valence-corrected chi connectivity index (χ0v) is 18.2. The molecule has 3 aromatic carbocycles. The quantitative estimate of drug-likeness (QED) is 0.331. The molecule has 1 heterocycles. The Morgan fingerprint density at radius 3 is 2.61 bits per heavy atom. The molecule has 4 rings (SSSR count). The smallest absolute Gasteiger partial charge is 0.125 e. The lowest BCUT2D eigenvalue weighted by molar-refractivity contribution is 0.264. The van der Waals surface area contributed by atoms with Crippen LogP contribution in [0.4, 0.5) is 0 Å². The molecule has 158 valence electrons. The van der Waals surface area contributed by atoms with E-state index in [1.54, 1.807) is 18.0 Å². The predicted molar refractivity (Wildman–Crippen MR) is 124 cm³/mol. The third kappa shape index (κ3) is 5.48. The highest BCUT2D eigenvalue weighted by Gasteiger charge is 2.12. The van der Waals surface area contributed by atoms with Gasteiger partial charge in [-0.25, -0.2) is 4.98 Å². The van der Waals surface area contributed by atoms with E-state index in [0.717, 1.165) is 32.4 Å². The summed E-state index contributed by atoms with van der Waals surface area (Å²) in [5.74, 6) is 1.35. The standard InChI is InChI=1S/C24H22ClN3O2S/c25-21-12-19(9-10-20(21)23-13-27-24(28-23)22(26)14-29)31-18-8-4-7-17(11-18)30-15-16-5-2-1-3-6-16/h1-13,22,29H,14-15,26H2,(H,27,28)/t22-/m0/s1. The Balaban J connectivity index is 1.45. The molecular weight excluding hydrogens is 430 g/mol. The summed E-state index contributed by atoms with van der Waals surface area (Å²) in [6, 6.07) is 23.4. The van der Waals surface area contributed by atoms with E-state index < -0.39 is 6.04 Å². The summed E-state index contributed by atoms with van der Waals surface area (Å²) in [6.45, 7) is 0.353. The molecule has 0 saturated carbocycles. The summed E-state index contributed by atoms with van der Waals surface area (Å²) in [4.78, 5) is 9.42. The summed E-state index contributed by atoms with van der Waals surface area (Å²) < 4.78 is 5.92. The van der Waals surface area contributed by atoms with Crippen LogP contribution in [0.2, 0.25) is 5.02 Å². The highest BCUT2D eigenvalue weighted by atomic mass is 35.5. The molecule has 0 amide bonds. The van der Waals surface area contributed by atoms with Crippen LogP contribution in [0.15, 0.2) is 88.8 Å². The number of rotatable bonds is 8. The first-order valence-electron chi connectivity index (χ1n) is 9.78. The second-order valence-corrected chi connectivity index (χ2v) is 8.52. The van der Waals surface area contributed by atoms with Crippen molar-refractivity contribution >= 4 is 23.4 Å². The number of hydrogen-bond donors (Lipinski definition) is 3. The summed E-state index contributed by atoms with van der Waals surface area (Å²) in [7, 11) is 0. The van der Waals surface area contributed by atoms with Crippen LogP contribution in [0, 0.1) is 0 Å². The normalized spacial score (nSPS) is 12.0. The number of benzene rings is 3. The van der Waals surface area contributed by atoms with Crippen molar-refractivity contribution in [2.24, 2.45) is 5.73 Å². The lowest BCUT2D eigenvalue weighted by atomic mass is 10.2. The predicted octanol–water partition coefficient (Wildman–Crippen LogP) is 5.45. The molecule has 0 aliphatic carbocycles. The molecular formula is C24H22ClN3O2S. The lowest BCUT2D eigenvalue weighted by Crippen LogP contribution is -2.15. The Labute approximate surface area is 190 Å². The van der Waals surface area contributed by atoms with Crippen molar-refractivity contribution in [1.29, 1.82) is 0 Å². The molecule has 0 bridgehead atoms. The van der Waals surface area contributed by atoms with Crippen molar-refractivity contribution in [2.75, 3.05) is 6.61 Å². The molecule has 0 aliphatic rings. The number of H-pyrrole nitrogens is 1. The molecule has 0 saturated heterocycles. The highest BCUT2D eigenvalue weighted by molar-refractivity contribution is 7.99. The fraction of sp³-hybridized carbons (Fsp3) is 0.125. The molecule has 0 aliphatic heterocycles. The van der Waals surface area contributed by atoms with E-state index in [2.05, 4.69) is 9.97 Å². The molecule has 0 spiro atoms. The molecule has 0 fully saturated rings. The number of aromatic nitrogens is 2. The van der Waals surface area contributed by atoms with Crippen LogP contribution in [0.5, 0.6) is 5.75 Å². The number of imidazole rings is 1. The fourth-order valence-corrected chi connectivity index (χ4v) is 4.28. The van der Waals surface area contributed by atoms with Crippen molar-refractivity contribution in [3.8, 4) is 17.0 Å². The molecule has 31 heavy (non-hydrogen) atoms. The van der Waals surface area contributed by atoms with E-state index in [4.69, 9.17) is 22.1 Å². The van der Waals surface area contributed by atoms with Gasteiger partial charge in [0.1, 0.15) is 18.2 Å². The fourth-order valence-electron chi connectivity index (χ4n) is 3.03. The van der Waals surface area contributed by atoms with Gasteiger partial charge in [-0.1, -0.05) is 65.8 Å². The second-order valence-electron chi connectivity index (χ2n) is 6.96. The van der Waals surface area contributed by atoms with Gasteiger partial charge in [-0.15, -0.1) is 0 Å². The maximum atomic E-state index is 9.19. The van der Waals surface area contributed by atoms with E-state index in [-0.39, 0.29) is 6.61 Å². The number of aliphatic hydroxyl groups excluding tert-OH is 1. The van der Waals surface area contributed by atoms with Gasteiger partial charge in [0.05, 0.1) is 29.6 Å². The van der Waals surface area contributed by atoms with Crippen molar-refractivity contribution in [1.82, 2.24) is 9.97 Å². The van der Waals surface area contributed by atoms with Gasteiger partial charge in [-0.05, 0) is 35.9 Å².